The average molecular weight is 451 g/mol. The van der Waals surface area contributed by atoms with Crippen molar-refractivity contribution < 1.29 is 13.2 Å². The van der Waals surface area contributed by atoms with Crippen LogP contribution in [0.3, 0.4) is 0 Å². The summed E-state index contributed by atoms with van der Waals surface area (Å²) in [6, 6.07) is 11.6. The molecule has 0 bridgehead atoms. The molecule has 0 aliphatic heterocycles. The van der Waals surface area contributed by atoms with E-state index in [0.717, 1.165) is 5.13 Å². The molecule has 0 aliphatic carbocycles. The van der Waals surface area contributed by atoms with Crippen molar-refractivity contribution in [2.45, 2.75) is 11.3 Å². The summed E-state index contributed by atoms with van der Waals surface area (Å²) >= 11 is 7.47. The number of rotatable bonds is 6. The monoisotopic (exact) mass is 450 g/mol. The smallest absolute Gasteiger partial charge is 0.238 e. The number of benzene rings is 2. The first-order valence-corrected chi connectivity index (χ1v) is 11.3. The van der Waals surface area contributed by atoms with E-state index < -0.39 is 10.0 Å². The Hall–Kier alpha value is -2.46. The van der Waals surface area contributed by atoms with Crippen molar-refractivity contribution in [3.63, 3.8) is 0 Å². The van der Waals surface area contributed by atoms with E-state index in [1.807, 2.05) is 19.0 Å². The number of hydrogen-bond acceptors (Lipinski definition) is 6. The molecule has 1 heterocycles. The molecule has 10 heteroatoms. The standard InChI is InChI=1S/C19H19ClN4O3S2/c1-24(2)19-23-16(11-28-19)14-8-7-13(10-17(14)29(21,26)27)22-18(25)9-12-5-3-4-6-15(12)20/h3-8,10-11H,9H2,1-2H3,(H,22,25)(H2,21,26,27). The van der Waals surface area contributed by atoms with Crippen LogP contribution in [0.25, 0.3) is 11.3 Å². The molecule has 3 rings (SSSR count). The summed E-state index contributed by atoms with van der Waals surface area (Å²) in [4.78, 5) is 18.5. The van der Waals surface area contributed by atoms with E-state index in [1.165, 1.54) is 17.4 Å². The first-order chi connectivity index (χ1) is 13.6. The summed E-state index contributed by atoms with van der Waals surface area (Å²) in [5, 5.41) is 11.1. The predicted octanol–water partition coefficient (Wildman–Crippen LogP) is 3.36. The minimum atomic E-state index is -4.04. The van der Waals surface area contributed by atoms with Crippen LogP contribution in [0.5, 0.6) is 0 Å². The SMILES string of the molecule is CN(C)c1nc(-c2ccc(NC(=O)Cc3ccccc3Cl)cc2S(N)(=O)=O)cs1. The van der Waals surface area contributed by atoms with Crippen LogP contribution in [0.1, 0.15) is 5.56 Å². The van der Waals surface area contributed by atoms with Crippen LogP contribution in [-0.2, 0) is 21.2 Å². The Morgan fingerprint density at radius 2 is 1.97 bits per heavy atom. The molecule has 1 aromatic heterocycles. The van der Waals surface area contributed by atoms with Gasteiger partial charge in [0.1, 0.15) is 0 Å². The number of carbonyl (C=O) groups excluding carboxylic acids is 1. The van der Waals surface area contributed by atoms with Crippen molar-refractivity contribution in [3.05, 3.63) is 58.4 Å². The molecule has 152 valence electrons. The highest BCUT2D eigenvalue weighted by Gasteiger charge is 2.19. The molecule has 0 unspecified atom stereocenters. The van der Waals surface area contributed by atoms with Gasteiger partial charge in [-0.2, -0.15) is 0 Å². The van der Waals surface area contributed by atoms with Gasteiger partial charge < -0.3 is 10.2 Å². The van der Waals surface area contributed by atoms with Crippen molar-refractivity contribution in [2.75, 3.05) is 24.3 Å². The number of primary sulfonamides is 1. The highest BCUT2D eigenvalue weighted by Crippen LogP contribution is 2.32. The summed E-state index contributed by atoms with van der Waals surface area (Å²) in [5.41, 5.74) is 1.86. The average Bonchev–Trinajstić information content (AvgIpc) is 3.13. The summed E-state index contributed by atoms with van der Waals surface area (Å²) in [6.45, 7) is 0. The molecule has 0 saturated heterocycles. The van der Waals surface area contributed by atoms with E-state index >= 15 is 0 Å². The number of amides is 1. The largest absolute Gasteiger partial charge is 0.354 e. The van der Waals surface area contributed by atoms with Crippen molar-refractivity contribution in [3.8, 4) is 11.3 Å². The van der Waals surface area contributed by atoms with Gasteiger partial charge in [-0.05, 0) is 29.8 Å². The number of carbonyl (C=O) groups is 1. The summed E-state index contributed by atoms with van der Waals surface area (Å²) in [7, 11) is -0.342. The quantitative estimate of drug-likeness (QED) is 0.599. The predicted molar refractivity (Wildman–Crippen MR) is 117 cm³/mol. The van der Waals surface area contributed by atoms with E-state index in [-0.39, 0.29) is 17.2 Å². The van der Waals surface area contributed by atoms with Gasteiger partial charge in [-0.25, -0.2) is 18.5 Å². The molecule has 0 fully saturated rings. The number of nitrogens with two attached hydrogens (primary N) is 1. The van der Waals surface area contributed by atoms with E-state index in [9.17, 15) is 13.2 Å². The van der Waals surface area contributed by atoms with E-state index in [1.54, 1.807) is 41.8 Å². The van der Waals surface area contributed by atoms with Gasteiger partial charge in [-0.3, -0.25) is 4.79 Å². The van der Waals surface area contributed by atoms with Crippen molar-refractivity contribution in [1.82, 2.24) is 4.98 Å². The number of nitrogens with zero attached hydrogens (tertiary/aromatic N) is 2. The van der Waals surface area contributed by atoms with E-state index in [4.69, 9.17) is 16.7 Å². The van der Waals surface area contributed by atoms with Gasteiger partial charge in [0.05, 0.1) is 17.0 Å². The second kappa shape index (κ2) is 8.50. The Balaban J connectivity index is 1.89. The number of thiazole rings is 1. The lowest BCUT2D eigenvalue weighted by atomic mass is 10.1. The summed E-state index contributed by atoms with van der Waals surface area (Å²) in [6.07, 6.45) is 0.0599. The maximum Gasteiger partial charge on any atom is 0.238 e. The molecule has 0 atom stereocenters. The zero-order chi connectivity index (χ0) is 21.2. The Bertz CT molecular complexity index is 1160. The second-order valence-corrected chi connectivity index (χ2v) is 9.26. The molecular weight excluding hydrogens is 432 g/mol. The molecule has 3 aromatic rings. The molecule has 1 amide bonds. The summed E-state index contributed by atoms with van der Waals surface area (Å²) in [5.74, 6) is -0.324. The lowest BCUT2D eigenvalue weighted by Gasteiger charge is -2.11. The van der Waals surface area contributed by atoms with Crippen LogP contribution in [0, 0.1) is 0 Å². The minimum Gasteiger partial charge on any atom is -0.354 e. The fourth-order valence-corrected chi connectivity index (χ4v) is 4.39. The van der Waals surface area contributed by atoms with Gasteiger partial charge in [0.25, 0.3) is 0 Å². The van der Waals surface area contributed by atoms with Crippen LogP contribution in [0.15, 0.2) is 52.7 Å². The number of nitrogens with one attached hydrogen (secondary N) is 1. The number of halogens is 1. The van der Waals surface area contributed by atoms with Crippen LogP contribution < -0.4 is 15.4 Å². The molecule has 0 radical (unpaired) electrons. The molecule has 3 N–H and O–H groups in total. The molecule has 0 aliphatic rings. The van der Waals surface area contributed by atoms with Gasteiger partial charge in [0.2, 0.25) is 15.9 Å². The van der Waals surface area contributed by atoms with Crippen LogP contribution >= 0.6 is 22.9 Å². The molecule has 0 spiro atoms. The van der Waals surface area contributed by atoms with Crippen molar-refractivity contribution >= 4 is 49.7 Å². The van der Waals surface area contributed by atoms with Crippen LogP contribution in [0.4, 0.5) is 10.8 Å². The number of aromatic nitrogens is 1. The number of sulfonamides is 1. The van der Waals surface area contributed by atoms with Crippen molar-refractivity contribution in [2.24, 2.45) is 5.14 Å². The molecule has 2 aromatic carbocycles. The molecule has 7 nitrogen and oxygen atoms in total. The number of hydrogen-bond donors (Lipinski definition) is 2. The maximum absolute atomic E-state index is 12.4. The topological polar surface area (TPSA) is 105 Å². The first kappa shape index (κ1) is 21.3. The summed E-state index contributed by atoms with van der Waals surface area (Å²) < 4.78 is 24.3. The van der Waals surface area contributed by atoms with Gasteiger partial charge in [-0.15, -0.1) is 11.3 Å². The third kappa shape index (κ3) is 5.13. The molecule has 0 saturated carbocycles. The Kier molecular flexibility index (Phi) is 6.23. The van der Waals surface area contributed by atoms with E-state index in [0.29, 0.717) is 27.5 Å². The molecule has 29 heavy (non-hydrogen) atoms. The highest BCUT2D eigenvalue weighted by molar-refractivity contribution is 7.89. The zero-order valence-corrected chi connectivity index (χ0v) is 18.1. The fourth-order valence-electron chi connectivity index (χ4n) is 2.66. The zero-order valence-electron chi connectivity index (χ0n) is 15.7. The Morgan fingerprint density at radius 1 is 1.24 bits per heavy atom. The maximum atomic E-state index is 12.4. The van der Waals surface area contributed by atoms with Gasteiger partial charge in [0.15, 0.2) is 5.13 Å². The first-order valence-electron chi connectivity index (χ1n) is 8.48. The van der Waals surface area contributed by atoms with Gasteiger partial charge >= 0.3 is 0 Å². The third-order valence-corrected chi connectivity index (χ3v) is 6.36. The number of anilines is 2. The van der Waals surface area contributed by atoms with Gasteiger partial charge in [-0.1, -0.05) is 29.8 Å². The Labute approximate surface area is 178 Å². The lowest BCUT2D eigenvalue weighted by molar-refractivity contribution is -0.115. The second-order valence-electron chi connectivity index (χ2n) is 6.48. The molecular formula is C19H19ClN4O3S2. The van der Waals surface area contributed by atoms with Gasteiger partial charge in [0, 0.05) is 35.7 Å². The van der Waals surface area contributed by atoms with Crippen molar-refractivity contribution in [1.29, 1.82) is 0 Å². The van der Waals surface area contributed by atoms with E-state index in [2.05, 4.69) is 10.3 Å². The highest BCUT2D eigenvalue weighted by atomic mass is 35.5. The third-order valence-electron chi connectivity index (χ3n) is 4.03. The Morgan fingerprint density at radius 3 is 2.59 bits per heavy atom. The van der Waals surface area contributed by atoms with Crippen LogP contribution in [-0.4, -0.2) is 33.4 Å². The normalized spacial score (nSPS) is 11.3. The fraction of sp³-hybridized carbons (Fsp3) is 0.158. The van der Waals surface area contributed by atoms with Crippen LogP contribution in [0.2, 0.25) is 5.02 Å². The minimum absolute atomic E-state index is 0.0599. The lowest BCUT2D eigenvalue weighted by Crippen LogP contribution is -2.17.